The Morgan fingerprint density at radius 1 is 1.12 bits per heavy atom. The number of aromatic nitrogens is 1. The number of nitrogens with zero attached hydrogens (tertiary/aromatic N) is 2. The molecule has 3 heterocycles. The van der Waals surface area contributed by atoms with Crippen LogP contribution in [0.3, 0.4) is 0 Å². The average Bonchev–Trinajstić information content (AvgIpc) is 3.38. The standard InChI is InChI=1S/C20H22N2O2S/c1-2-6-16(7-3-1)20-21-17(15-24-20)12-22(13-18-8-4-10-23-18)14-19-9-5-11-25-19/h1-3,5-7,9,11,15,18H,4,8,10,12-14H2. The van der Waals surface area contributed by atoms with Gasteiger partial charge in [0.2, 0.25) is 5.89 Å². The van der Waals surface area contributed by atoms with Crippen molar-refractivity contribution in [2.75, 3.05) is 13.2 Å². The zero-order chi connectivity index (χ0) is 16.9. The number of rotatable bonds is 7. The van der Waals surface area contributed by atoms with E-state index in [-0.39, 0.29) is 0 Å². The minimum atomic E-state index is 0.334. The Morgan fingerprint density at radius 2 is 2.04 bits per heavy atom. The molecule has 0 aliphatic carbocycles. The summed E-state index contributed by atoms with van der Waals surface area (Å²) in [5.41, 5.74) is 1.98. The summed E-state index contributed by atoms with van der Waals surface area (Å²) in [4.78, 5) is 8.46. The van der Waals surface area contributed by atoms with Gasteiger partial charge in [-0.15, -0.1) is 11.3 Å². The highest BCUT2D eigenvalue weighted by atomic mass is 32.1. The molecule has 1 aliphatic heterocycles. The van der Waals surface area contributed by atoms with E-state index >= 15 is 0 Å². The van der Waals surface area contributed by atoms with Crippen molar-refractivity contribution >= 4 is 11.3 Å². The Labute approximate surface area is 152 Å². The lowest BCUT2D eigenvalue weighted by atomic mass is 10.2. The summed E-state index contributed by atoms with van der Waals surface area (Å²) in [7, 11) is 0. The third kappa shape index (κ3) is 4.37. The highest BCUT2D eigenvalue weighted by Crippen LogP contribution is 2.21. The Bertz CT molecular complexity index is 764. The van der Waals surface area contributed by atoms with Crippen LogP contribution in [0.1, 0.15) is 23.4 Å². The number of ether oxygens (including phenoxy) is 1. The summed E-state index contributed by atoms with van der Waals surface area (Å²) in [5, 5.41) is 2.13. The Morgan fingerprint density at radius 3 is 2.80 bits per heavy atom. The summed E-state index contributed by atoms with van der Waals surface area (Å²) in [6, 6.07) is 14.3. The molecule has 3 aromatic rings. The van der Waals surface area contributed by atoms with E-state index in [1.807, 2.05) is 30.3 Å². The molecule has 1 fully saturated rings. The summed E-state index contributed by atoms with van der Waals surface area (Å²) in [5.74, 6) is 0.684. The van der Waals surface area contributed by atoms with Gasteiger partial charge in [-0.2, -0.15) is 0 Å². The van der Waals surface area contributed by atoms with Crippen LogP contribution in [0, 0.1) is 0 Å². The lowest BCUT2D eigenvalue weighted by molar-refractivity contribution is 0.0678. The zero-order valence-corrected chi connectivity index (χ0v) is 15.0. The molecular formula is C20H22N2O2S. The molecule has 0 bridgehead atoms. The second-order valence-corrected chi connectivity index (χ2v) is 7.43. The molecule has 0 spiro atoms. The van der Waals surface area contributed by atoms with Crippen molar-refractivity contribution in [2.24, 2.45) is 0 Å². The quantitative estimate of drug-likeness (QED) is 0.622. The van der Waals surface area contributed by atoms with Gasteiger partial charge >= 0.3 is 0 Å². The SMILES string of the molecule is c1ccc(-c2nc(CN(Cc3cccs3)CC3CCCO3)co2)cc1. The predicted octanol–water partition coefficient (Wildman–Crippen LogP) is 4.58. The smallest absolute Gasteiger partial charge is 0.226 e. The maximum Gasteiger partial charge on any atom is 0.226 e. The molecule has 0 radical (unpaired) electrons. The minimum Gasteiger partial charge on any atom is -0.444 e. The van der Waals surface area contributed by atoms with Crippen LogP contribution in [0.25, 0.3) is 11.5 Å². The van der Waals surface area contributed by atoms with Crippen molar-refractivity contribution in [3.05, 3.63) is 64.7 Å². The molecule has 4 nitrogen and oxygen atoms in total. The van der Waals surface area contributed by atoms with Crippen molar-refractivity contribution in [1.29, 1.82) is 0 Å². The van der Waals surface area contributed by atoms with E-state index in [0.29, 0.717) is 12.0 Å². The molecule has 5 heteroatoms. The lowest BCUT2D eigenvalue weighted by Crippen LogP contribution is -2.31. The average molecular weight is 354 g/mol. The van der Waals surface area contributed by atoms with Crippen LogP contribution >= 0.6 is 11.3 Å². The highest BCUT2D eigenvalue weighted by molar-refractivity contribution is 7.09. The molecule has 25 heavy (non-hydrogen) atoms. The fourth-order valence-corrected chi connectivity index (χ4v) is 3.95. The van der Waals surface area contributed by atoms with Crippen LogP contribution in [0.2, 0.25) is 0 Å². The molecule has 1 atom stereocenters. The summed E-state index contributed by atoms with van der Waals surface area (Å²) in [6.45, 7) is 3.52. The van der Waals surface area contributed by atoms with Gasteiger partial charge in [-0.3, -0.25) is 4.90 Å². The first kappa shape index (κ1) is 16.5. The van der Waals surface area contributed by atoms with E-state index in [2.05, 4.69) is 27.4 Å². The zero-order valence-electron chi connectivity index (χ0n) is 14.1. The van der Waals surface area contributed by atoms with Crippen LogP contribution in [0.15, 0.2) is 58.5 Å². The fourth-order valence-electron chi connectivity index (χ4n) is 3.21. The van der Waals surface area contributed by atoms with Crippen LogP contribution in [0.4, 0.5) is 0 Å². The van der Waals surface area contributed by atoms with E-state index in [1.54, 1.807) is 17.6 Å². The van der Waals surface area contributed by atoms with Crippen molar-refractivity contribution in [1.82, 2.24) is 9.88 Å². The lowest BCUT2D eigenvalue weighted by Gasteiger charge is -2.23. The van der Waals surface area contributed by atoms with Crippen molar-refractivity contribution in [3.63, 3.8) is 0 Å². The van der Waals surface area contributed by atoms with Crippen LogP contribution < -0.4 is 0 Å². The number of benzene rings is 1. The molecule has 2 aromatic heterocycles. The number of thiophene rings is 1. The van der Waals surface area contributed by atoms with Crippen LogP contribution in [-0.4, -0.2) is 29.1 Å². The molecule has 1 aromatic carbocycles. The van der Waals surface area contributed by atoms with Gasteiger partial charge < -0.3 is 9.15 Å². The van der Waals surface area contributed by atoms with E-state index in [4.69, 9.17) is 9.15 Å². The van der Waals surface area contributed by atoms with Gasteiger partial charge in [-0.05, 0) is 36.4 Å². The van der Waals surface area contributed by atoms with E-state index < -0.39 is 0 Å². The number of oxazole rings is 1. The van der Waals surface area contributed by atoms with Gasteiger partial charge in [-0.25, -0.2) is 4.98 Å². The van der Waals surface area contributed by atoms with E-state index in [1.165, 1.54) is 11.3 Å². The van der Waals surface area contributed by atoms with Gasteiger partial charge in [-0.1, -0.05) is 24.3 Å². The topological polar surface area (TPSA) is 38.5 Å². The molecule has 130 valence electrons. The predicted molar refractivity (Wildman–Crippen MR) is 99.3 cm³/mol. The minimum absolute atomic E-state index is 0.334. The monoisotopic (exact) mass is 354 g/mol. The Kier molecular flexibility index (Phi) is 5.25. The van der Waals surface area contributed by atoms with Gasteiger partial charge in [0.25, 0.3) is 0 Å². The number of hydrogen-bond acceptors (Lipinski definition) is 5. The van der Waals surface area contributed by atoms with Gasteiger partial charge in [0.05, 0.1) is 11.8 Å². The second-order valence-electron chi connectivity index (χ2n) is 6.39. The molecule has 0 N–H and O–H groups in total. The first-order valence-electron chi connectivity index (χ1n) is 8.73. The first-order chi connectivity index (χ1) is 12.4. The third-order valence-electron chi connectivity index (χ3n) is 4.40. The summed E-state index contributed by atoms with van der Waals surface area (Å²) >= 11 is 1.80. The summed E-state index contributed by atoms with van der Waals surface area (Å²) < 4.78 is 11.5. The fraction of sp³-hybridized carbons (Fsp3) is 0.350. The molecule has 0 amide bonds. The molecule has 0 saturated carbocycles. The van der Waals surface area contributed by atoms with E-state index in [9.17, 15) is 0 Å². The Hall–Kier alpha value is -1.95. The van der Waals surface area contributed by atoms with Crippen molar-refractivity contribution in [3.8, 4) is 11.5 Å². The number of hydrogen-bond donors (Lipinski definition) is 0. The maximum absolute atomic E-state index is 5.83. The van der Waals surface area contributed by atoms with Crippen LogP contribution in [0.5, 0.6) is 0 Å². The highest BCUT2D eigenvalue weighted by Gasteiger charge is 2.21. The largest absolute Gasteiger partial charge is 0.444 e. The van der Waals surface area contributed by atoms with Gasteiger partial charge in [0.15, 0.2) is 0 Å². The normalized spacial score (nSPS) is 17.4. The molecule has 1 unspecified atom stereocenters. The van der Waals surface area contributed by atoms with Crippen molar-refractivity contribution < 1.29 is 9.15 Å². The van der Waals surface area contributed by atoms with E-state index in [0.717, 1.165) is 43.9 Å². The third-order valence-corrected chi connectivity index (χ3v) is 5.26. The summed E-state index contributed by atoms with van der Waals surface area (Å²) in [6.07, 6.45) is 4.42. The second kappa shape index (κ2) is 7.95. The molecule has 1 aliphatic rings. The van der Waals surface area contributed by atoms with Gasteiger partial charge in [0.1, 0.15) is 6.26 Å². The van der Waals surface area contributed by atoms with Crippen LogP contribution in [-0.2, 0) is 17.8 Å². The Balaban J connectivity index is 1.46. The molecular weight excluding hydrogens is 332 g/mol. The maximum atomic E-state index is 5.83. The van der Waals surface area contributed by atoms with Gasteiger partial charge in [0, 0.05) is 36.7 Å². The van der Waals surface area contributed by atoms with Crippen molar-refractivity contribution in [2.45, 2.75) is 32.0 Å². The molecule has 1 saturated heterocycles. The first-order valence-corrected chi connectivity index (χ1v) is 9.61. The molecule has 4 rings (SSSR count).